The number of ether oxygens (including phenoxy) is 1. The van der Waals surface area contributed by atoms with Gasteiger partial charge in [-0.25, -0.2) is 9.31 Å². The smallest absolute Gasteiger partial charge is 0.410 e. The van der Waals surface area contributed by atoms with Crippen LogP contribution in [0.2, 0.25) is 0 Å². The Labute approximate surface area is 170 Å². The van der Waals surface area contributed by atoms with Crippen LogP contribution in [0.4, 0.5) is 4.79 Å². The average Bonchev–Trinajstić information content (AvgIpc) is 3.02. The molecule has 8 heteroatoms. The molecule has 1 fully saturated rings. The molecule has 3 heterocycles. The first-order chi connectivity index (χ1) is 13.3. The van der Waals surface area contributed by atoms with E-state index in [1.165, 1.54) is 0 Å². The third kappa shape index (κ3) is 3.30. The number of aromatic amines is 1. The zero-order valence-electron chi connectivity index (χ0n) is 16.2. The fourth-order valence-electron chi connectivity index (χ4n) is 3.82. The van der Waals surface area contributed by atoms with Gasteiger partial charge in [0, 0.05) is 29.5 Å². The first-order valence-corrected chi connectivity index (χ1v) is 10.3. The molecule has 1 aliphatic rings. The lowest BCUT2D eigenvalue weighted by Crippen LogP contribution is -2.39. The van der Waals surface area contributed by atoms with Crippen molar-refractivity contribution in [1.29, 1.82) is 0 Å². The number of fused-ring (bicyclic) bond motifs is 3. The molecule has 1 N–H and O–H groups in total. The van der Waals surface area contributed by atoms with E-state index in [4.69, 9.17) is 9.84 Å². The summed E-state index contributed by atoms with van der Waals surface area (Å²) < 4.78 is 8.09. The maximum Gasteiger partial charge on any atom is 0.410 e. The number of likely N-dealkylation sites (tertiary alicyclic amines) is 1. The van der Waals surface area contributed by atoms with Crippen LogP contribution in [0.5, 0.6) is 0 Å². The second kappa shape index (κ2) is 7.24. The van der Waals surface area contributed by atoms with Gasteiger partial charge in [-0.1, -0.05) is 6.07 Å². The Morgan fingerprint density at radius 1 is 1.32 bits per heavy atom. The summed E-state index contributed by atoms with van der Waals surface area (Å²) in [6, 6.07) is 5.61. The highest BCUT2D eigenvalue weighted by Crippen LogP contribution is 2.33. The molecule has 0 spiro atoms. The van der Waals surface area contributed by atoms with Crippen molar-refractivity contribution >= 4 is 38.6 Å². The van der Waals surface area contributed by atoms with Gasteiger partial charge in [-0.2, -0.15) is 5.10 Å². The first-order valence-electron chi connectivity index (χ1n) is 9.51. The second-order valence-electron chi connectivity index (χ2n) is 7.60. The number of benzene rings is 1. The molecule has 1 amide bonds. The van der Waals surface area contributed by atoms with Gasteiger partial charge in [-0.3, -0.25) is 4.79 Å². The molecular formula is C20H23BrN4O3. The lowest BCUT2D eigenvalue weighted by atomic mass is 9.93. The molecule has 1 saturated heterocycles. The van der Waals surface area contributed by atoms with Crippen molar-refractivity contribution < 1.29 is 9.53 Å². The van der Waals surface area contributed by atoms with E-state index < -0.39 is 0 Å². The van der Waals surface area contributed by atoms with E-state index in [1.54, 1.807) is 11.0 Å². The molecule has 2 aromatic heterocycles. The molecule has 28 heavy (non-hydrogen) atoms. The fourth-order valence-corrected chi connectivity index (χ4v) is 4.34. The Bertz CT molecular complexity index is 1110. The summed E-state index contributed by atoms with van der Waals surface area (Å²) in [6.07, 6.45) is 1.13. The third-order valence-electron chi connectivity index (χ3n) is 5.24. The first kappa shape index (κ1) is 19.0. The number of hydrogen-bond donors (Lipinski definition) is 1. The Kier molecular flexibility index (Phi) is 4.91. The van der Waals surface area contributed by atoms with E-state index in [-0.39, 0.29) is 23.7 Å². The third-order valence-corrected chi connectivity index (χ3v) is 6.26. The molecule has 1 aromatic carbocycles. The molecule has 0 bridgehead atoms. The van der Waals surface area contributed by atoms with Crippen LogP contribution in [0.1, 0.15) is 43.9 Å². The molecule has 148 valence electrons. The van der Waals surface area contributed by atoms with E-state index in [9.17, 15) is 9.59 Å². The number of hydrogen-bond acceptors (Lipinski definition) is 4. The lowest BCUT2D eigenvalue weighted by Gasteiger charge is -2.31. The van der Waals surface area contributed by atoms with Gasteiger partial charge in [0.1, 0.15) is 5.65 Å². The zero-order valence-corrected chi connectivity index (χ0v) is 17.7. The largest absolute Gasteiger partial charge is 0.447 e. The summed E-state index contributed by atoms with van der Waals surface area (Å²) in [5.74, 6) is 0.155. The van der Waals surface area contributed by atoms with Crippen LogP contribution in [-0.2, 0) is 4.74 Å². The number of nitrogens with zero attached hydrogens (tertiary/aromatic N) is 3. The van der Waals surface area contributed by atoms with E-state index in [2.05, 4.69) is 20.9 Å². The predicted octanol–water partition coefficient (Wildman–Crippen LogP) is 3.97. The molecule has 0 atom stereocenters. The van der Waals surface area contributed by atoms with Crippen LogP contribution in [-0.4, -0.2) is 44.8 Å². The maximum absolute atomic E-state index is 12.4. The minimum Gasteiger partial charge on any atom is -0.447 e. The van der Waals surface area contributed by atoms with Crippen LogP contribution in [0.3, 0.4) is 0 Å². The standard InChI is InChI=1S/C20H23BrN4O3/c1-11(2)28-20(27)24-8-6-13(7-9-24)15-10-16(26)22-19-17-14(23-25(15)19)5-4-12(3)18(17)21/h4-5,10-11,13H,6-9H2,1-3H3,(H,22,26). The normalized spacial score (nSPS) is 15.7. The number of halogens is 1. The number of carbonyl (C=O) groups is 1. The fraction of sp³-hybridized carbons (Fsp3) is 0.450. The lowest BCUT2D eigenvalue weighted by molar-refractivity contribution is 0.0689. The van der Waals surface area contributed by atoms with Gasteiger partial charge in [-0.05, 0) is 61.2 Å². The number of aryl methyl sites for hydroxylation is 1. The zero-order chi connectivity index (χ0) is 20.0. The van der Waals surface area contributed by atoms with Crippen LogP contribution in [0.15, 0.2) is 27.5 Å². The minimum atomic E-state index is -0.270. The van der Waals surface area contributed by atoms with Crippen molar-refractivity contribution in [2.45, 2.75) is 45.6 Å². The summed E-state index contributed by atoms with van der Waals surface area (Å²) in [6.45, 7) is 6.92. The van der Waals surface area contributed by atoms with Gasteiger partial charge in [0.05, 0.1) is 22.7 Å². The maximum atomic E-state index is 12.4. The molecule has 0 saturated carbocycles. The van der Waals surface area contributed by atoms with Crippen molar-refractivity contribution in [2.75, 3.05) is 13.1 Å². The van der Waals surface area contributed by atoms with Gasteiger partial charge >= 0.3 is 6.09 Å². The Balaban J connectivity index is 1.69. The molecule has 1 aliphatic heterocycles. The average molecular weight is 447 g/mol. The Morgan fingerprint density at radius 2 is 2.04 bits per heavy atom. The predicted molar refractivity (Wildman–Crippen MR) is 111 cm³/mol. The number of H-pyrrole nitrogens is 1. The molecule has 4 rings (SSSR count). The highest BCUT2D eigenvalue weighted by Gasteiger charge is 2.27. The molecule has 7 nitrogen and oxygen atoms in total. The highest BCUT2D eigenvalue weighted by atomic mass is 79.9. The molecule has 0 aliphatic carbocycles. The molecular weight excluding hydrogens is 424 g/mol. The molecule has 3 aromatic rings. The summed E-state index contributed by atoms with van der Waals surface area (Å²) in [7, 11) is 0. The van der Waals surface area contributed by atoms with Crippen LogP contribution >= 0.6 is 15.9 Å². The Hall–Kier alpha value is -2.35. The summed E-state index contributed by atoms with van der Waals surface area (Å²) in [5, 5.41) is 5.65. The highest BCUT2D eigenvalue weighted by molar-refractivity contribution is 9.10. The van der Waals surface area contributed by atoms with Crippen LogP contribution in [0.25, 0.3) is 16.6 Å². The number of carbonyl (C=O) groups excluding carboxylic acids is 1. The molecule has 0 unspecified atom stereocenters. The summed E-state index contributed by atoms with van der Waals surface area (Å²) in [4.78, 5) is 29.2. The number of piperidine rings is 1. The SMILES string of the molecule is Cc1ccc2nn3c(C4CCN(C(=O)OC(C)C)CC4)cc(=O)[nH]c3c2c1Br. The quantitative estimate of drug-likeness (QED) is 0.645. The van der Waals surface area contributed by atoms with Gasteiger partial charge in [0.25, 0.3) is 5.56 Å². The van der Waals surface area contributed by atoms with Crippen molar-refractivity contribution in [2.24, 2.45) is 0 Å². The van der Waals surface area contributed by atoms with Crippen LogP contribution < -0.4 is 5.56 Å². The number of rotatable bonds is 2. The topological polar surface area (TPSA) is 79.7 Å². The van der Waals surface area contributed by atoms with Crippen molar-refractivity contribution in [1.82, 2.24) is 19.5 Å². The van der Waals surface area contributed by atoms with Gasteiger partial charge < -0.3 is 14.6 Å². The second-order valence-corrected chi connectivity index (χ2v) is 8.40. The Morgan fingerprint density at radius 3 is 2.71 bits per heavy atom. The van der Waals surface area contributed by atoms with E-state index >= 15 is 0 Å². The van der Waals surface area contributed by atoms with E-state index in [0.717, 1.165) is 39.5 Å². The van der Waals surface area contributed by atoms with E-state index in [1.807, 2.05) is 37.4 Å². The van der Waals surface area contributed by atoms with Crippen molar-refractivity contribution in [3.8, 4) is 0 Å². The van der Waals surface area contributed by atoms with E-state index in [0.29, 0.717) is 18.7 Å². The summed E-state index contributed by atoms with van der Waals surface area (Å²) in [5.41, 5.74) is 3.37. The van der Waals surface area contributed by atoms with Gasteiger partial charge in [0.15, 0.2) is 0 Å². The minimum absolute atomic E-state index is 0.129. The van der Waals surface area contributed by atoms with Gasteiger partial charge in [-0.15, -0.1) is 0 Å². The number of nitrogens with one attached hydrogen (secondary N) is 1. The van der Waals surface area contributed by atoms with Crippen LogP contribution in [0, 0.1) is 6.92 Å². The van der Waals surface area contributed by atoms with Crippen molar-refractivity contribution in [3.05, 3.63) is 44.3 Å². The number of amides is 1. The summed E-state index contributed by atoms with van der Waals surface area (Å²) >= 11 is 3.64. The van der Waals surface area contributed by atoms with Gasteiger partial charge in [0.2, 0.25) is 0 Å². The monoisotopic (exact) mass is 446 g/mol. The van der Waals surface area contributed by atoms with Crippen molar-refractivity contribution in [3.63, 3.8) is 0 Å². The number of aromatic nitrogens is 3. The molecule has 0 radical (unpaired) electrons.